The van der Waals surface area contributed by atoms with Crippen LogP contribution in [0, 0.1) is 0 Å². The van der Waals surface area contributed by atoms with Gasteiger partial charge in [-0.1, -0.05) is 6.92 Å². The van der Waals surface area contributed by atoms with Crippen molar-refractivity contribution >= 4 is 23.7 Å². The summed E-state index contributed by atoms with van der Waals surface area (Å²) in [5, 5.41) is 0.646. The number of aromatic nitrogens is 1. The molecule has 0 radical (unpaired) electrons. The molecule has 0 aromatic carbocycles. The van der Waals surface area contributed by atoms with Crippen LogP contribution in [0.3, 0.4) is 0 Å². The first-order chi connectivity index (χ1) is 8.25. The second kappa shape index (κ2) is 5.91. The molecule has 92 valence electrons. The van der Waals surface area contributed by atoms with E-state index in [0.717, 1.165) is 25.3 Å². The van der Waals surface area contributed by atoms with Gasteiger partial charge in [-0.2, -0.15) is 11.8 Å². The predicted octanol–water partition coefficient (Wildman–Crippen LogP) is 2.04. The molecular weight excluding hydrogens is 236 g/mol. The van der Waals surface area contributed by atoms with E-state index in [1.807, 2.05) is 16.7 Å². The molecule has 1 amide bonds. The molecule has 0 spiro atoms. The second-order valence-corrected chi connectivity index (χ2v) is 5.59. The van der Waals surface area contributed by atoms with E-state index >= 15 is 0 Å². The largest absolute Gasteiger partial charge is 0.451 e. The summed E-state index contributed by atoms with van der Waals surface area (Å²) >= 11 is 1.93. The van der Waals surface area contributed by atoms with Crippen LogP contribution in [0.1, 0.15) is 19.0 Å². The van der Waals surface area contributed by atoms with Crippen LogP contribution in [0.4, 0.5) is 0 Å². The lowest BCUT2D eigenvalue weighted by Crippen LogP contribution is -2.31. The number of amides is 1. The Bertz CT molecular complexity index is 389. The maximum Gasteiger partial charge on any atom is 0.246 e. The van der Waals surface area contributed by atoms with Gasteiger partial charge in [-0.05, 0) is 12.5 Å². The molecule has 0 N–H and O–H groups in total. The average Bonchev–Trinajstić information content (AvgIpc) is 2.74. The monoisotopic (exact) mass is 252 g/mol. The molecule has 5 heteroatoms. The van der Waals surface area contributed by atoms with Gasteiger partial charge in [-0.3, -0.25) is 4.79 Å². The van der Waals surface area contributed by atoms with Crippen molar-refractivity contribution in [2.45, 2.75) is 18.6 Å². The lowest BCUT2D eigenvalue weighted by atomic mass is 10.3. The quantitative estimate of drug-likeness (QED) is 0.756. The Morgan fingerprint density at radius 2 is 2.53 bits per heavy atom. The lowest BCUT2D eigenvalue weighted by molar-refractivity contribution is -0.125. The summed E-state index contributed by atoms with van der Waals surface area (Å²) in [7, 11) is 0. The van der Waals surface area contributed by atoms with Crippen LogP contribution in [0.2, 0.25) is 0 Å². The number of carbonyl (C=O) groups excluding carboxylic acids is 1. The third-order valence-corrected chi connectivity index (χ3v) is 3.95. The normalized spacial score (nSPS) is 21.7. The van der Waals surface area contributed by atoms with Gasteiger partial charge >= 0.3 is 0 Å². The first kappa shape index (κ1) is 12.2. The topological polar surface area (TPSA) is 46.3 Å². The van der Waals surface area contributed by atoms with E-state index in [9.17, 15) is 4.79 Å². The Morgan fingerprint density at radius 3 is 3.29 bits per heavy atom. The summed E-state index contributed by atoms with van der Waals surface area (Å²) in [6, 6.07) is 0. The van der Waals surface area contributed by atoms with Gasteiger partial charge in [0.05, 0.1) is 0 Å². The molecule has 1 aromatic heterocycles. The summed E-state index contributed by atoms with van der Waals surface area (Å²) in [5.74, 6) is 1.08. The van der Waals surface area contributed by atoms with E-state index < -0.39 is 0 Å². The lowest BCUT2D eigenvalue weighted by Gasteiger charge is -2.17. The highest BCUT2D eigenvalue weighted by molar-refractivity contribution is 7.99. The zero-order chi connectivity index (χ0) is 12.1. The van der Waals surface area contributed by atoms with Gasteiger partial charge < -0.3 is 9.32 Å². The fourth-order valence-electron chi connectivity index (χ4n) is 1.68. The van der Waals surface area contributed by atoms with E-state index in [1.165, 1.54) is 12.7 Å². The molecule has 1 aliphatic rings. The van der Waals surface area contributed by atoms with Gasteiger partial charge in [-0.25, -0.2) is 4.98 Å². The summed E-state index contributed by atoms with van der Waals surface area (Å²) < 4.78 is 4.84. The molecule has 1 fully saturated rings. The van der Waals surface area contributed by atoms with Crippen molar-refractivity contribution in [1.29, 1.82) is 0 Å². The Balaban J connectivity index is 1.91. The first-order valence-electron chi connectivity index (χ1n) is 5.72. The number of thioether (sulfide) groups is 1. The minimum atomic E-state index is 0.0581. The molecule has 1 aromatic rings. The maximum atomic E-state index is 11.9. The van der Waals surface area contributed by atoms with Gasteiger partial charge in [-0.15, -0.1) is 0 Å². The SMILES string of the molecule is CC1CCN(C(=O)/C=C/c2cocn2)CCS1. The van der Waals surface area contributed by atoms with Crippen molar-refractivity contribution < 1.29 is 9.21 Å². The summed E-state index contributed by atoms with van der Waals surface area (Å²) in [6.45, 7) is 3.89. The Kier molecular flexibility index (Phi) is 4.25. The third kappa shape index (κ3) is 3.63. The molecule has 0 bridgehead atoms. The van der Waals surface area contributed by atoms with Crippen LogP contribution >= 0.6 is 11.8 Å². The number of rotatable bonds is 2. The molecule has 1 atom stereocenters. The van der Waals surface area contributed by atoms with Gasteiger partial charge in [0, 0.05) is 30.2 Å². The number of hydrogen-bond donors (Lipinski definition) is 0. The first-order valence-corrected chi connectivity index (χ1v) is 6.77. The second-order valence-electron chi connectivity index (χ2n) is 4.04. The number of nitrogens with zero attached hydrogens (tertiary/aromatic N) is 2. The number of hydrogen-bond acceptors (Lipinski definition) is 4. The van der Waals surface area contributed by atoms with Crippen molar-refractivity contribution in [1.82, 2.24) is 9.88 Å². The van der Waals surface area contributed by atoms with Crippen molar-refractivity contribution in [3.63, 3.8) is 0 Å². The highest BCUT2D eigenvalue weighted by Crippen LogP contribution is 2.18. The minimum absolute atomic E-state index is 0.0581. The van der Waals surface area contributed by atoms with Crippen LogP contribution in [-0.4, -0.2) is 39.9 Å². The molecule has 1 saturated heterocycles. The highest BCUT2D eigenvalue weighted by atomic mass is 32.2. The molecule has 17 heavy (non-hydrogen) atoms. The van der Waals surface area contributed by atoms with E-state index in [4.69, 9.17) is 4.42 Å². The van der Waals surface area contributed by atoms with Crippen molar-refractivity contribution in [3.8, 4) is 0 Å². The predicted molar refractivity (Wildman–Crippen MR) is 68.7 cm³/mol. The van der Waals surface area contributed by atoms with E-state index in [2.05, 4.69) is 11.9 Å². The van der Waals surface area contributed by atoms with Crippen LogP contribution in [0.5, 0.6) is 0 Å². The van der Waals surface area contributed by atoms with E-state index in [0.29, 0.717) is 10.9 Å². The summed E-state index contributed by atoms with van der Waals surface area (Å²) in [4.78, 5) is 17.8. The fourth-order valence-corrected chi connectivity index (χ4v) is 2.68. The molecular formula is C12H16N2O2S. The van der Waals surface area contributed by atoms with Gasteiger partial charge in [0.1, 0.15) is 12.0 Å². The average molecular weight is 252 g/mol. The number of carbonyl (C=O) groups is 1. The summed E-state index contributed by atoms with van der Waals surface area (Å²) in [5.41, 5.74) is 0.677. The zero-order valence-electron chi connectivity index (χ0n) is 9.83. The summed E-state index contributed by atoms with van der Waals surface area (Å²) in [6.07, 6.45) is 7.19. The Morgan fingerprint density at radius 1 is 1.65 bits per heavy atom. The van der Waals surface area contributed by atoms with Gasteiger partial charge in [0.25, 0.3) is 0 Å². The van der Waals surface area contributed by atoms with E-state index in [-0.39, 0.29) is 5.91 Å². The molecule has 1 unspecified atom stereocenters. The molecule has 2 heterocycles. The van der Waals surface area contributed by atoms with Crippen LogP contribution in [-0.2, 0) is 4.79 Å². The van der Waals surface area contributed by atoms with Crippen LogP contribution in [0.25, 0.3) is 6.08 Å². The zero-order valence-corrected chi connectivity index (χ0v) is 10.7. The highest BCUT2D eigenvalue weighted by Gasteiger charge is 2.16. The molecule has 0 aliphatic carbocycles. The van der Waals surface area contributed by atoms with Gasteiger partial charge in [0.15, 0.2) is 6.39 Å². The van der Waals surface area contributed by atoms with Crippen LogP contribution < -0.4 is 0 Å². The van der Waals surface area contributed by atoms with Crippen molar-refractivity contribution in [2.75, 3.05) is 18.8 Å². The van der Waals surface area contributed by atoms with Crippen LogP contribution in [0.15, 0.2) is 23.1 Å². The van der Waals surface area contributed by atoms with Crippen molar-refractivity contribution in [2.24, 2.45) is 0 Å². The van der Waals surface area contributed by atoms with Crippen molar-refractivity contribution in [3.05, 3.63) is 24.4 Å². The van der Waals surface area contributed by atoms with E-state index in [1.54, 1.807) is 12.2 Å². The van der Waals surface area contributed by atoms with Gasteiger partial charge in [0.2, 0.25) is 5.91 Å². The molecule has 0 saturated carbocycles. The maximum absolute atomic E-state index is 11.9. The minimum Gasteiger partial charge on any atom is -0.451 e. The molecule has 1 aliphatic heterocycles. The fraction of sp³-hybridized carbons (Fsp3) is 0.500. The third-order valence-electron chi connectivity index (χ3n) is 2.73. The molecule has 2 rings (SSSR count). The Hall–Kier alpha value is -1.23. The molecule has 4 nitrogen and oxygen atoms in total. The smallest absolute Gasteiger partial charge is 0.246 e. The number of oxazole rings is 1. The standard InChI is InChI=1S/C12H16N2O2S/c1-10-4-5-14(6-7-17-10)12(15)3-2-11-8-16-9-13-11/h2-3,8-10H,4-7H2,1H3/b3-2+. The Labute approximate surface area is 105 Å².